The lowest BCUT2D eigenvalue weighted by molar-refractivity contribution is -0.384. The van der Waals surface area contributed by atoms with E-state index in [0.717, 1.165) is 12.8 Å². The van der Waals surface area contributed by atoms with E-state index in [4.69, 9.17) is 16.9 Å². The molecule has 0 atom stereocenters. The van der Waals surface area contributed by atoms with E-state index in [1.165, 1.54) is 24.4 Å². The molecule has 1 aromatic rings. The highest BCUT2D eigenvalue weighted by Gasteiger charge is 2.11. The molecular weight excluding hydrogens is 308 g/mol. The molecule has 8 heteroatoms. The summed E-state index contributed by atoms with van der Waals surface area (Å²) < 4.78 is 0. The molecule has 22 heavy (non-hydrogen) atoms. The lowest BCUT2D eigenvalue weighted by Crippen LogP contribution is -2.25. The summed E-state index contributed by atoms with van der Waals surface area (Å²) >= 11 is 5.91. The van der Waals surface area contributed by atoms with E-state index in [9.17, 15) is 14.9 Å². The first kappa shape index (κ1) is 17.5. The molecule has 0 spiro atoms. The van der Waals surface area contributed by atoms with Gasteiger partial charge in [0.2, 0.25) is 0 Å². The first-order chi connectivity index (χ1) is 10.5. The molecule has 0 radical (unpaired) electrons. The fourth-order valence-electron chi connectivity index (χ4n) is 1.51. The summed E-state index contributed by atoms with van der Waals surface area (Å²) in [6, 6.07) is 5.62. The van der Waals surface area contributed by atoms with E-state index in [1.54, 1.807) is 6.07 Å². The lowest BCUT2D eigenvalue weighted by atomic mass is 10.2. The maximum Gasteiger partial charge on any atom is 0.271 e. The number of hydrogen-bond donors (Lipinski definition) is 2. The van der Waals surface area contributed by atoms with Crippen molar-refractivity contribution in [1.29, 1.82) is 5.26 Å². The van der Waals surface area contributed by atoms with Crippen molar-refractivity contribution >= 4 is 28.9 Å². The topological polar surface area (TPSA) is 108 Å². The third-order valence-corrected chi connectivity index (χ3v) is 3.04. The molecule has 2 N–H and O–H groups in total. The number of halogens is 1. The molecule has 0 saturated carbocycles. The van der Waals surface area contributed by atoms with Crippen molar-refractivity contribution in [3.8, 4) is 6.07 Å². The van der Waals surface area contributed by atoms with Crippen LogP contribution in [0, 0.1) is 21.4 Å². The zero-order valence-corrected chi connectivity index (χ0v) is 12.7. The molecule has 0 aliphatic heterocycles. The molecule has 0 bridgehead atoms. The van der Waals surface area contributed by atoms with Gasteiger partial charge >= 0.3 is 0 Å². The van der Waals surface area contributed by atoms with Crippen molar-refractivity contribution in [3.63, 3.8) is 0 Å². The molecular formula is C14H15ClN4O3. The number of nitro groups is 1. The van der Waals surface area contributed by atoms with Crippen LogP contribution in [0.2, 0.25) is 5.02 Å². The van der Waals surface area contributed by atoms with E-state index in [2.05, 4.69) is 10.6 Å². The molecule has 116 valence electrons. The Morgan fingerprint density at radius 1 is 1.55 bits per heavy atom. The SMILES string of the molecule is CCCCNC(=O)/C(C#N)=C\Nc1cc([N+](=O)[O-])ccc1Cl. The number of amides is 1. The number of carbonyl (C=O) groups excluding carboxylic acids is 1. The van der Waals surface area contributed by atoms with Gasteiger partial charge in [0.25, 0.3) is 11.6 Å². The van der Waals surface area contributed by atoms with Crippen LogP contribution in [0.5, 0.6) is 0 Å². The van der Waals surface area contributed by atoms with E-state index < -0.39 is 10.8 Å². The minimum absolute atomic E-state index is 0.140. The van der Waals surface area contributed by atoms with E-state index in [1.807, 2.05) is 6.92 Å². The number of nitrogens with one attached hydrogen (secondary N) is 2. The van der Waals surface area contributed by atoms with Gasteiger partial charge in [0.1, 0.15) is 11.6 Å². The van der Waals surface area contributed by atoms with Crippen molar-refractivity contribution in [2.45, 2.75) is 19.8 Å². The highest BCUT2D eigenvalue weighted by molar-refractivity contribution is 6.33. The van der Waals surface area contributed by atoms with Crippen molar-refractivity contribution in [2.24, 2.45) is 0 Å². The normalized spacial score (nSPS) is 10.7. The number of benzene rings is 1. The number of nitrogens with zero attached hydrogens (tertiary/aromatic N) is 2. The van der Waals surface area contributed by atoms with Crippen LogP contribution in [-0.2, 0) is 4.79 Å². The summed E-state index contributed by atoms with van der Waals surface area (Å²) in [5.41, 5.74) is -0.0464. The first-order valence-corrected chi connectivity index (χ1v) is 6.96. The predicted octanol–water partition coefficient (Wildman–Crippen LogP) is 2.98. The Balaban J connectivity index is 2.84. The van der Waals surface area contributed by atoms with E-state index >= 15 is 0 Å². The molecule has 0 unspecified atom stereocenters. The highest BCUT2D eigenvalue weighted by Crippen LogP contribution is 2.26. The smallest absolute Gasteiger partial charge is 0.271 e. The molecule has 0 fully saturated rings. The minimum Gasteiger partial charge on any atom is -0.359 e. The summed E-state index contributed by atoms with van der Waals surface area (Å²) in [6.07, 6.45) is 2.91. The average molecular weight is 323 g/mol. The van der Waals surface area contributed by atoms with Crippen molar-refractivity contribution in [1.82, 2.24) is 5.32 Å². The van der Waals surface area contributed by atoms with Crippen molar-refractivity contribution < 1.29 is 9.72 Å². The van der Waals surface area contributed by atoms with Crippen LogP contribution in [0.3, 0.4) is 0 Å². The highest BCUT2D eigenvalue weighted by atomic mass is 35.5. The van der Waals surface area contributed by atoms with Gasteiger partial charge < -0.3 is 10.6 Å². The van der Waals surface area contributed by atoms with E-state index in [-0.39, 0.29) is 22.0 Å². The summed E-state index contributed by atoms with van der Waals surface area (Å²) in [5, 5.41) is 25.2. The number of carbonyl (C=O) groups is 1. The molecule has 0 saturated heterocycles. The fourth-order valence-corrected chi connectivity index (χ4v) is 1.68. The standard InChI is InChI=1S/C14H15ClN4O3/c1-2-3-6-17-14(20)10(8-16)9-18-13-7-11(19(21)22)4-5-12(13)15/h4-5,7,9,18H,2-3,6H2,1H3,(H,17,20)/b10-9-. The van der Waals surface area contributed by atoms with Crippen LogP contribution in [0.25, 0.3) is 0 Å². The largest absolute Gasteiger partial charge is 0.359 e. The van der Waals surface area contributed by atoms with Crippen LogP contribution in [0.15, 0.2) is 30.0 Å². The van der Waals surface area contributed by atoms with Gasteiger partial charge in [0.15, 0.2) is 0 Å². The molecule has 1 aromatic carbocycles. The van der Waals surface area contributed by atoms with Gasteiger partial charge in [-0.25, -0.2) is 0 Å². The van der Waals surface area contributed by atoms with Crippen molar-refractivity contribution in [2.75, 3.05) is 11.9 Å². The zero-order chi connectivity index (χ0) is 16.5. The maximum atomic E-state index is 11.7. The van der Waals surface area contributed by atoms with Gasteiger partial charge in [-0.2, -0.15) is 5.26 Å². The molecule has 0 heterocycles. The predicted molar refractivity (Wildman–Crippen MR) is 83.3 cm³/mol. The maximum absolute atomic E-state index is 11.7. The Kier molecular flexibility index (Phi) is 6.86. The summed E-state index contributed by atoms with van der Waals surface area (Å²) in [5.74, 6) is -0.509. The minimum atomic E-state index is -0.562. The van der Waals surface area contributed by atoms with Gasteiger partial charge in [-0.15, -0.1) is 0 Å². The second-order valence-corrected chi connectivity index (χ2v) is 4.75. The zero-order valence-electron chi connectivity index (χ0n) is 11.9. The molecule has 0 aromatic heterocycles. The van der Waals surface area contributed by atoms with Crippen LogP contribution in [0.1, 0.15) is 19.8 Å². The fraction of sp³-hybridized carbons (Fsp3) is 0.286. The number of nitro benzene ring substituents is 1. The Hall–Kier alpha value is -2.59. The summed E-state index contributed by atoms with van der Waals surface area (Å²) in [7, 11) is 0. The van der Waals surface area contributed by atoms with Crippen LogP contribution < -0.4 is 10.6 Å². The number of anilines is 1. The van der Waals surface area contributed by atoms with Crippen molar-refractivity contribution in [3.05, 3.63) is 45.1 Å². The Morgan fingerprint density at radius 3 is 2.86 bits per heavy atom. The number of unbranched alkanes of at least 4 members (excludes halogenated alkanes) is 1. The average Bonchev–Trinajstić information content (AvgIpc) is 2.49. The molecule has 1 amide bonds. The third-order valence-electron chi connectivity index (χ3n) is 2.71. The van der Waals surface area contributed by atoms with Crippen LogP contribution >= 0.6 is 11.6 Å². The van der Waals surface area contributed by atoms with Crippen LogP contribution in [-0.4, -0.2) is 17.4 Å². The number of hydrogen-bond acceptors (Lipinski definition) is 5. The molecule has 1 rings (SSSR count). The monoisotopic (exact) mass is 322 g/mol. The summed E-state index contributed by atoms with van der Waals surface area (Å²) in [4.78, 5) is 21.9. The second-order valence-electron chi connectivity index (χ2n) is 4.34. The number of rotatable bonds is 7. The Morgan fingerprint density at radius 2 is 2.27 bits per heavy atom. The van der Waals surface area contributed by atoms with Gasteiger partial charge in [-0.05, 0) is 12.5 Å². The summed E-state index contributed by atoms with van der Waals surface area (Å²) in [6.45, 7) is 2.46. The van der Waals surface area contributed by atoms with Gasteiger partial charge in [0.05, 0.1) is 15.6 Å². The van der Waals surface area contributed by atoms with Crippen LogP contribution in [0.4, 0.5) is 11.4 Å². The molecule has 7 nitrogen and oxygen atoms in total. The van der Waals surface area contributed by atoms with E-state index in [0.29, 0.717) is 6.54 Å². The number of non-ortho nitro benzene ring substituents is 1. The third kappa shape index (κ3) is 5.07. The lowest BCUT2D eigenvalue weighted by Gasteiger charge is -2.06. The number of nitriles is 1. The van der Waals surface area contributed by atoms with Gasteiger partial charge in [-0.3, -0.25) is 14.9 Å². The Labute approximate surface area is 132 Å². The molecule has 0 aliphatic rings. The van der Waals surface area contributed by atoms with Gasteiger partial charge in [-0.1, -0.05) is 24.9 Å². The Bertz CT molecular complexity index is 637. The van der Waals surface area contributed by atoms with Gasteiger partial charge in [0, 0.05) is 24.9 Å². The quantitative estimate of drug-likeness (QED) is 0.264. The first-order valence-electron chi connectivity index (χ1n) is 6.58. The molecule has 0 aliphatic carbocycles. The second kappa shape index (κ2) is 8.64.